The van der Waals surface area contributed by atoms with Crippen molar-refractivity contribution < 1.29 is 9.47 Å². The average Bonchev–Trinajstić information content (AvgIpc) is 3.33. The number of fused-ring (bicyclic) bond motifs is 3. The number of aromatic nitrogens is 1. The summed E-state index contributed by atoms with van der Waals surface area (Å²) in [5.74, 6) is 1.43. The summed E-state index contributed by atoms with van der Waals surface area (Å²) in [4.78, 5) is 19.9. The van der Waals surface area contributed by atoms with E-state index in [4.69, 9.17) is 37.7 Å². The smallest absolute Gasteiger partial charge is 0.271 e. The van der Waals surface area contributed by atoms with Gasteiger partial charge in [-0.25, -0.2) is 4.99 Å². The summed E-state index contributed by atoms with van der Waals surface area (Å²) in [7, 11) is 1.66. The van der Waals surface area contributed by atoms with Crippen LogP contribution in [0.3, 0.4) is 0 Å². The molecule has 0 unspecified atom stereocenters. The monoisotopic (exact) mass is 624 g/mol. The average molecular weight is 626 g/mol. The normalized spacial score (nSPS) is 15.8. The molecule has 0 spiro atoms. The van der Waals surface area contributed by atoms with Crippen molar-refractivity contribution in [3.05, 3.63) is 154 Å². The number of rotatable bonds is 6. The molecule has 1 atom stereocenters. The maximum atomic E-state index is 14.1. The Morgan fingerprint density at radius 2 is 1.79 bits per heavy atom. The van der Waals surface area contributed by atoms with Crippen LogP contribution in [0.1, 0.15) is 40.3 Å². The Balaban J connectivity index is 1.31. The highest BCUT2D eigenvalue weighted by molar-refractivity contribution is 7.07. The minimum atomic E-state index is -0.268. The third-order valence-corrected chi connectivity index (χ3v) is 9.42. The lowest BCUT2D eigenvalue weighted by Crippen LogP contribution is -2.38. The van der Waals surface area contributed by atoms with Gasteiger partial charge in [-0.3, -0.25) is 9.36 Å². The molecule has 214 valence electrons. The maximum Gasteiger partial charge on any atom is 0.271 e. The first kappa shape index (κ1) is 27.7. The summed E-state index contributed by atoms with van der Waals surface area (Å²) >= 11 is 13.8. The van der Waals surface area contributed by atoms with E-state index in [0.717, 1.165) is 52.1 Å². The molecule has 1 aliphatic carbocycles. The topological polar surface area (TPSA) is 52.8 Å². The first-order chi connectivity index (χ1) is 21.0. The first-order valence-corrected chi connectivity index (χ1v) is 15.5. The fourth-order valence-electron chi connectivity index (χ4n) is 5.78. The molecule has 0 radical (unpaired) electrons. The summed E-state index contributed by atoms with van der Waals surface area (Å²) in [6.07, 6.45) is 3.65. The fraction of sp³-hybridized carbons (Fsp3) is 0.143. The largest absolute Gasteiger partial charge is 0.497 e. The van der Waals surface area contributed by atoms with Crippen molar-refractivity contribution in [2.45, 2.75) is 25.5 Å². The molecule has 0 bridgehead atoms. The predicted octanol–water partition coefficient (Wildman–Crippen LogP) is 7.21. The van der Waals surface area contributed by atoms with Crippen molar-refractivity contribution >= 4 is 46.3 Å². The lowest BCUT2D eigenvalue weighted by Gasteiger charge is -2.31. The van der Waals surface area contributed by atoms with Crippen LogP contribution in [0, 0.1) is 0 Å². The van der Waals surface area contributed by atoms with E-state index in [1.54, 1.807) is 19.2 Å². The van der Waals surface area contributed by atoms with Crippen LogP contribution in [0.2, 0.25) is 10.0 Å². The highest BCUT2D eigenvalue weighted by atomic mass is 35.5. The first-order valence-electron chi connectivity index (χ1n) is 13.9. The number of methoxy groups -OCH3 is 1. The van der Waals surface area contributed by atoms with Crippen LogP contribution in [-0.4, -0.2) is 11.7 Å². The number of halogens is 2. The Hall–Kier alpha value is -4.10. The van der Waals surface area contributed by atoms with E-state index in [1.807, 2.05) is 59.2 Å². The molecule has 0 N–H and O–H groups in total. The molecule has 0 saturated carbocycles. The fourth-order valence-corrected chi connectivity index (χ4v) is 7.24. The van der Waals surface area contributed by atoms with Crippen molar-refractivity contribution in [3.63, 3.8) is 0 Å². The number of nitrogens with zero attached hydrogens (tertiary/aromatic N) is 2. The van der Waals surface area contributed by atoms with Gasteiger partial charge in [-0.05, 0) is 77.6 Å². The molecule has 2 heterocycles. The molecule has 7 rings (SSSR count). The lowest BCUT2D eigenvalue weighted by molar-refractivity contribution is 0.306. The van der Waals surface area contributed by atoms with Crippen LogP contribution in [0.25, 0.3) is 11.8 Å². The van der Waals surface area contributed by atoms with Crippen LogP contribution in [0.5, 0.6) is 11.5 Å². The van der Waals surface area contributed by atoms with E-state index in [0.29, 0.717) is 31.7 Å². The summed E-state index contributed by atoms with van der Waals surface area (Å²) in [5.41, 5.74) is 7.18. The molecule has 5 nitrogen and oxygen atoms in total. The zero-order chi connectivity index (χ0) is 29.5. The van der Waals surface area contributed by atoms with Gasteiger partial charge in [-0.15, -0.1) is 0 Å². The lowest BCUT2D eigenvalue weighted by atomic mass is 9.83. The molecule has 2 aliphatic rings. The van der Waals surface area contributed by atoms with Gasteiger partial charge >= 0.3 is 0 Å². The predicted molar refractivity (Wildman–Crippen MR) is 173 cm³/mol. The molecule has 0 fully saturated rings. The molecule has 1 aromatic heterocycles. The van der Waals surface area contributed by atoms with E-state index in [1.165, 1.54) is 16.9 Å². The van der Waals surface area contributed by atoms with Crippen molar-refractivity contribution in [1.82, 2.24) is 4.57 Å². The van der Waals surface area contributed by atoms with E-state index >= 15 is 0 Å². The summed E-state index contributed by atoms with van der Waals surface area (Å²) in [6.45, 7) is 0.301. The van der Waals surface area contributed by atoms with Crippen molar-refractivity contribution in [2.24, 2.45) is 4.99 Å². The standard InChI is InChI=1S/C35H26Cl2N2O3S/c1-41-26-9-5-8-23(18-26)33-29-15-13-22-7-2-3-11-28(22)32(29)38-35-39(33)34(40)31(43-35)17-21-6-4-10-27(16-21)42-20-24-12-14-25(36)19-30(24)37/h2-12,14,16-19,33H,13,15,20H2,1H3/b31-17+/t33-/m1/s1. The Labute approximate surface area is 262 Å². The Morgan fingerprint density at radius 1 is 0.953 bits per heavy atom. The Morgan fingerprint density at radius 3 is 2.65 bits per heavy atom. The maximum absolute atomic E-state index is 14.1. The number of allylic oxidation sites excluding steroid dienone is 1. The SMILES string of the molecule is COc1cccc([C@@H]2C3=C(N=c4s/c(=C/c5cccc(OCc6ccc(Cl)cc6Cl)c5)c(=O)n42)c2ccccc2CC3)c1. The second kappa shape index (κ2) is 11.5. The molecular weight excluding hydrogens is 599 g/mol. The summed E-state index contributed by atoms with van der Waals surface area (Å²) in [5, 5.41) is 1.14. The molecule has 0 amide bonds. The summed E-state index contributed by atoms with van der Waals surface area (Å²) < 4.78 is 14.0. The zero-order valence-electron chi connectivity index (χ0n) is 23.2. The Bertz CT molecular complexity index is 2100. The van der Waals surface area contributed by atoms with Gasteiger partial charge in [0.1, 0.15) is 18.1 Å². The van der Waals surface area contributed by atoms with Gasteiger partial charge in [0.15, 0.2) is 4.80 Å². The Kier molecular flexibility index (Phi) is 7.43. The molecule has 4 aromatic carbocycles. The van der Waals surface area contributed by atoms with E-state index in [9.17, 15) is 4.79 Å². The third-order valence-electron chi connectivity index (χ3n) is 7.85. The van der Waals surface area contributed by atoms with Crippen LogP contribution in [0.15, 0.2) is 106 Å². The van der Waals surface area contributed by atoms with Gasteiger partial charge in [0.25, 0.3) is 5.56 Å². The van der Waals surface area contributed by atoms with Gasteiger partial charge in [0.2, 0.25) is 0 Å². The van der Waals surface area contributed by atoms with E-state index in [-0.39, 0.29) is 11.6 Å². The van der Waals surface area contributed by atoms with Gasteiger partial charge in [-0.1, -0.05) is 89.1 Å². The second-order valence-corrected chi connectivity index (χ2v) is 12.3. The molecule has 1 aliphatic heterocycles. The van der Waals surface area contributed by atoms with Crippen LogP contribution in [0.4, 0.5) is 0 Å². The van der Waals surface area contributed by atoms with Crippen LogP contribution < -0.4 is 24.4 Å². The molecule has 43 heavy (non-hydrogen) atoms. The van der Waals surface area contributed by atoms with Crippen LogP contribution in [-0.2, 0) is 13.0 Å². The third kappa shape index (κ3) is 5.31. The van der Waals surface area contributed by atoms with Gasteiger partial charge in [0.05, 0.1) is 23.4 Å². The number of ether oxygens (including phenoxy) is 2. The minimum Gasteiger partial charge on any atom is -0.497 e. The molecular formula is C35H26Cl2N2O3S. The van der Waals surface area contributed by atoms with Crippen LogP contribution >= 0.6 is 34.5 Å². The number of thiazole rings is 1. The van der Waals surface area contributed by atoms with Crippen molar-refractivity contribution in [1.29, 1.82) is 0 Å². The van der Waals surface area contributed by atoms with Gasteiger partial charge in [-0.2, -0.15) is 0 Å². The van der Waals surface area contributed by atoms with E-state index < -0.39 is 0 Å². The highest BCUT2D eigenvalue weighted by Gasteiger charge is 2.32. The highest BCUT2D eigenvalue weighted by Crippen LogP contribution is 2.41. The second-order valence-electron chi connectivity index (χ2n) is 10.5. The molecule has 5 aromatic rings. The van der Waals surface area contributed by atoms with Gasteiger partial charge in [0, 0.05) is 21.2 Å². The summed E-state index contributed by atoms with van der Waals surface area (Å²) in [6, 6.07) is 29.2. The number of hydrogen-bond acceptors (Lipinski definition) is 5. The molecule has 8 heteroatoms. The van der Waals surface area contributed by atoms with Crippen molar-refractivity contribution in [3.8, 4) is 11.5 Å². The molecule has 0 saturated heterocycles. The quantitative estimate of drug-likeness (QED) is 0.200. The van der Waals surface area contributed by atoms with E-state index in [2.05, 4.69) is 30.3 Å². The number of hydrogen-bond donors (Lipinski definition) is 0. The zero-order valence-corrected chi connectivity index (χ0v) is 25.5. The van der Waals surface area contributed by atoms with Gasteiger partial charge < -0.3 is 9.47 Å². The van der Waals surface area contributed by atoms with Crippen molar-refractivity contribution in [2.75, 3.05) is 7.11 Å². The number of aryl methyl sites for hydroxylation is 1. The number of benzene rings is 4. The minimum absolute atomic E-state index is 0.0683.